The number of fused-ring (bicyclic) bond motifs is 2. The van der Waals surface area contributed by atoms with Crippen LogP contribution in [-0.4, -0.2) is 56.5 Å². The molecule has 0 aliphatic carbocycles. The van der Waals surface area contributed by atoms with Crippen molar-refractivity contribution in [3.8, 4) is 0 Å². The molecule has 2 bridgehead atoms. The number of carbonyl (C=O) groups is 4. The summed E-state index contributed by atoms with van der Waals surface area (Å²) in [6.45, 7) is 7.65. The summed E-state index contributed by atoms with van der Waals surface area (Å²) < 4.78 is 5.39. The monoisotopic (exact) mass is 607 g/mol. The molecular formula is C29H45N5O5S2. The zero-order chi connectivity index (χ0) is 30.2. The van der Waals surface area contributed by atoms with Crippen LogP contribution in [0.25, 0.3) is 0 Å². The van der Waals surface area contributed by atoms with Crippen LogP contribution in [0.15, 0.2) is 22.8 Å². The van der Waals surface area contributed by atoms with Gasteiger partial charge in [-0.25, -0.2) is 4.98 Å². The van der Waals surface area contributed by atoms with E-state index < -0.39 is 18.0 Å². The lowest BCUT2D eigenvalue weighted by Crippen LogP contribution is -2.53. The highest BCUT2D eigenvalue weighted by molar-refractivity contribution is 8.14. The van der Waals surface area contributed by atoms with Gasteiger partial charge in [-0.1, -0.05) is 77.3 Å². The first-order chi connectivity index (χ1) is 19.6. The van der Waals surface area contributed by atoms with Gasteiger partial charge in [0.25, 0.3) is 0 Å². The van der Waals surface area contributed by atoms with E-state index in [9.17, 15) is 19.2 Å². The molecule has 0 saturated carbocycles. The zero-order valence-corrected chi connectivity index (χ0v) is 26.3. The molecule has 1 aromatic rings. The maximum atomic E-state index is 13.2. The second-order valence-electron chi connectivity index (χ2n) is 10.6. The third-order valence-corrected chi connectivity index (χ3v) is 8.66. The molecule has 10 nitrogen and oxygen atoms in total. The van der Waals surface area contributed by atoms with Gasteiger partial charge in [0, 0.05) is 23.8 Å². The number of allylic oxidation sites excluding steroid dienone is 1. The number of nitrogens with zero attached hydrogens (tertiary/aromatic N) is 1. The van der Waals surface area contributed by atoms with Crippen LogP contribution in [0.1, 0.15) is 90.6 Å². The van der Waals surface area contributed by atoms with E-state index in [0.717, 1.165) is 12.8 Å². The molecule has 2 heterocycles. The molecule has 41 heavy (non-hydrogen) atoms. The molecule has 228 valence electrons. The topological polar surface area (TPSA) is 154 Å². The van der Waals surface area contributed by atoms with Crippen LogP contribution in [0.5, 0.6) is 0 Å². The van der Waals surface area contributed by atoms with Crippen molar-refractivity contribution < 1.29 is 23.6 Å². The van der Waals surface area contributed by atoms with Crippen LogP contribution in [0.2, 0.25) is 0 Å². The zero-order valence-electron chi connectivity index (χ0n) is 24.6. The quantitative estimate of drug-likeness (QED) is 0.211. The Morgan fingerprint density at radius 3 is 2.68 bits per heavy atom. The van der Waals surface area contributed by atoms with E-state index in [2.05, 4.69) is 27.9 Å². The second-order valence-corrected chi connectivity index (χ2v) is 12.8. The number of amides is 3. The van der Waals surface area contributed by atoms with Crippen molar-refractivity contribution in [1.82, 2.24) is 20.9 Å². The molecule has 0 spiro atoms. The smallest absolute Gasteiger partial charge is 0.243 e. The minimum Gasteiger partial charge on any atom is -0.446 e. The lowest BCUT2D eigenvalue weighted by molar-refractivity contribution is -0.132. The lowest BCUT2D eigenvalue weighted by atomic mass is 10.0. The number of carbonyl (C=O) groups excluding carboxylic acids is 4. The molecule has 3 amide bonds. The van der Waals surface area contributed by atoms with E-state index in [1.165, 1.54) is 49.0 Å². The standard InChI is InChI=1S/C29H45N5O5S2/c1-5-6-7-8-9-13-25(36)40-14-11-10-12-21-15-23(35)31-16-24-33-22(17-39-24)27(30)41-18-20(4)28(37)34-26(19(2)3)29(38)32-21/h10,12,17,19-21,26,30H,5-9,11,13-16,18H2,1-4H3,(H,31,35)(H,32,38)(H,34,37)/b12-10+,30-27?/t20-,21-,26+/m1/s1. The van der Waals surface area contributed by atoms with Crippen molar-refractivity contribution in [3.05, 3.63) is 30.0 Å². The number of hydrogen-bond acceptors (Lipinski definition) is 9. The van der Waals surface area contributed by atoms with Crippen LogP contribution in [0, 0.1) is 17.2 Å². The van der Waals surface area contributed by atoms with Gasteiger partial charge >= 0.3 is 0 Å². The number of oxazole rings is 1. The predicted molar refractivity (Wildman–Crippen MR) is 165 cm³/mol. The number of aromatic nitrogens is 1. The molecule has 0 unspecified atom stereocenters. The van der Waals surface area contributed by atoms with Gasteiger partial charge in [-0.15, -0.1) is 11.8 Å². The normalized spacial score (nSPS) is 21.4. The van der Waals surface area contributed by atoms with Crippen LogP contribution < -0.4 is 16.0 Å². The van der Waals surface area contributed by atoms with Crippen molar-refractivity contribution in [3.63, 3.8) is 0 Å². The third-order valence-electron chi connectivity index (χ3n) is 6.53. The minimum atomic E-state index is -0.785. The van der Waals surface area contributed by atoms with Gasteiger partial charge in [0.15, 0.2) is 5.12 Å². The summed E-state index contributed by atoms with van der Waals surface area (Å²) in [5, 5.41) is 17.1. The van der Waals surface area contributed by atoms with Crippen LogP contribution in [-0.2, 0) is 25.7 Å². The van der Waals surface area contributed by atoms with Crippen LogP contribution in [0.3, 0.4) is 0 Å². The van der Waals surface area contributed by atoms with Crippen molar-refractivity contribution in [2.24, 2.45) is 11.8 Å². The fraction of sp³-hybridized carbons (Fsp3) is 0.655. The Morgan fingerprint density at radius 2 is 1.95 bits per heavy atom. The highest BCUT2D eigenvalue weighted by Crippen LogP contribution is 2.17. The number of unbranched alkanes of at least 4 members (excludes halogenated alkanes) is 4. The van der Waals surface area contributed by atoms with E-state index in [-0.39, 0.29) is 52.7 Å². The largest absolute Gasteiger partial charge is 0.446 e. The molecule has 3 atom stereocenters. The van der Waals surface area contributed by atoms with Crippen molar-refractivity contribution in [2.75, 3.05) is 11.5 Å². The molecular weight excluding hydrogens is 562 g/mol. The maximum absolute atomic E-state index is 13.2. The molecule has 0 aromatic carbocycles. The fourth-order valence-electron chi connectivity index (χ4n) is 4.02. The molecule has 0 radical (unpaired) electrons. The van der Waals surface area contributed by atoms with E-state index in [1.54, 1.807) is 13.0 Å². The summed E-state index contributed by atoms with van der Waals surface area (Å²) in [4.78, 5) is 55.3. The van der Waals surface area contributed by atoms with E-state index in [4.69, 9.17) is 9.83 Å². The summed E-state index contributed by atoms with van der Waals surface area (Å²) in [7, 11) is 0. The Bertz CT molecular complexity index is 1060. The molecule has 0 saturated heterocycles. The fourth-order valence-corrected chi connectivity index (χ4v) is 5.60. The van der Waals surface area contributed by atoms with Crippen molar-refractivity contribution in [2.45, 2.75) is 97.7 Å². The Morgan fingerprint density at radius 1 is 1.20 bits per heavy atom. The second kappa shape index (κ2) is 18.8. The van der Waals surface area contributed by atoms with E-state index >= 15 is 0 Å². The molecule has 1 aromatic heterocycles. The van der Waals surface area contributed by atoms with Gasteiger partial charge in [0.05, 0.1) is 19.0 Å². The van der Waals surface area contributed by atoms with Gasteiger partial charge in [0.1, 0.15) is 23.0 Å². The van der Waals surface area contributed by atoms with Crippen LogP contribution in [0.4, 0.5) is 0 Å². The maximum Gasteiger partial charge on any atom is 0.243 e. The Hall–Kier alpha value is -2.60. The number of rotatable bonds is 11. The van der Waals surface area contributed by atoms with E-state index in [1.807, 2.05) is 19.9 Å². The SMILES string of the molecule is CCCCCCCC(=O)SCC/C=C/[C@@H]1CC(=O)NCc2nc(co2)C(=N)SC[C@@H](C)C(=O)N[C@@H](C(C)C)C(=O)N1. The van der Waals surface area contributed by atoms with Gasteiger partial charge in [0.2, 0.25) is 23.6 Å². The summed E-state index contributed by atoms with van der Waals surface area (Å²) in [5.41, 5.74) is 0.335. The summed E-state index contributed by atoms with van der Waals surface area (Å²) in [6, 6.07) is -1.40. The predicted octanol–water partition coefficient (Wildman–Crippen LogP) is 4.58. The first-order valence-electron chi connectivity index (χ1n) is 14.5. The third kappa shape index (κ3) is 13.3. The van der Waals surface area contributed by atoms with Gasteiger partial charge in [-0.3, -0.25) is 24.6 Å². The summed E-state index contributed by atoms with van der Waals surface area (Å²) >= 11 is 2.48. The molecule has 4 N–H and O–H groups in total. The Labute approximate surface area is 251 Å². The molecule has 0 fully saturated rings. The van der Waals surface area contributed by atoms with Crippen LogP contribution >= 0.6 is 23.5 Å². The van der Waals surface area contributed by atoms with Gasteiger partial charge in [-0.2, -0.15) is 0 Å². The number of hydrogen-bond donors (Lipinski definition) is 4. The van der Waals surface area contributed by atoms with Crippen molar-refractivity contribution >= 4 is 51.4 Å². The number of nitrogens with one attached hydrogen (secondary N) is 4. The van der Waals surface area contributed by atoms with E-state index in [0.29, 0.717) is 30.0 Å². The molecule has 1 aliphatic rings. The summed E-state index contributed by atoms with van der Waals surface area (Å²) in [5.74, 6) is -0.405. The first kappa shape index (κ1) is 34.6. The first-order valence-corrected chi connectivity index (χ1v) is 16.4. The Kier molecular flexibility index (Phi) is 15.8. The van der Waals surface area contributed by atoms with Gasteiger partial charge in [-0.05, 0) is 18.8 Å². The average molecular weight is 608 g/mol. The number of thioether (sulfide) groups is 2. The summed E-state index contributed by atoms with van der Waals surface area (Å²) in [6.07, 6.45) is 11.7. The molecule has 2 rings (SSSR count). The highest BCUT2D eigenvalue weighted by atomic mass is 32.2. The molecule has 1 aliphatic heterocycles. The van der Waals surface area contributed by atoms with Gasteiger partial charge < -0.3 is 20.4 Å². The highest BCUT2D eigenvalue weighted by Gasteiger charge is 2.28. The van der Waals surface area contributed by atoms with Crippen molar-refractivity contribution in [1.29, 1.82) is 5.41 Å². The Balaban J connectivity index is 2.05. The lowest BCUT2D eigenvalue weighted by Gasteiger charge is -2.25. The average Bonchev–Trinajstić information content (AvgIpc) is 3.41. The molecule has 12 heteroatoms. The minimum absolute atomic E-state index is 0.0273.